The van der Waals surface area contributed by atoms with Gasteiger partial charge >= 0.3 is 5.97 Å². The van der Waals surface area contributed by atoms with Crippen molar-refractivity contribution in [2.24, 2.45) is 0 Å². The minimum Gasteiger partial charge on any atom is -0.464 e. The van der Waals surface area contributed by atoms with Crippen LogP contribution in [0.25, 0.3) is 0 Å². The molecule has 0 saturated heterocycles. The summed E-state index contributed by atoms with van der Waals surface area (Å²) < 4.78 is 29.4. The Labute approximate surface area is 104 Å². The van der Waals surface area contributed by atoms with Crippen molar-refractivity contribution in [3.63, 3.8) is 0 Å². The molecular formula is C9H7BrClF2NO2. The molecule has 1 aromatic rings. The highest BCUT2D eigenvalue weighted by atomic mass is 79.9. The number of methoxy groups -OCH3 is 1. The zero-order chi connectivity index (χ0) is 12.3. The maximum atomic E-state index is 12.5. The summed E-state index contributed by atoms with van der Waals surface area (Å²) in [5.74, 6) is -0.770. The maximum absolute atomic E-state index is 12.5. The number of nitrogens with zero attached hydrogens (tertiary/aromatic N) is 1. The molecule has 0 amide bonds. The summed E-state index contributed by atoms with van der Waals surface area (Å²) in [6.45, 7) is 0. The summed E-state index contributed by atoms with van der Waals surface area (Å²) in [6.07, 6.45) is -2.83. The predicted octanol–water partition coefficient (Wildman–Crippen LogP) is 3.35. The van der Waals surface area contributed by atoms with E-state index in [9.17, 15) is 13.6 Å². The average molecular weight is 315 g/mol. The standard InChI is InChI=1S/C9H7BrClF2NO2/c1-16-9(15)6-4(3-10)2-5(11)7(14-6)8(12)13/h2,8H,3H2,1H3. The van der Waals surface area contributed by atoms with E-state index in [4.69, 9.17) is 11.6 Å². The number of rotatable bonds is 3. The van der Waals surface area contributed by atoms with Gasteiger partial charge in [0.1, 0.15) is 5.69 Å². The van der Waals surface area contributed by atoms with Crippen molar-refractivity contribution >= 4 is 33.5 Å². The molecule has 0 atom stereocenters. The second-order valence-electron chi connectivity index (χ2n) is 2.79. The van der Waals surface area contributed by atoms with E-state index >= 15 is 0 Å². The Kier molecular flexibility index (Phi) is 4.61. The number of carbonyl (C=O) groups is 1. The molecule has 0 N–H and O–H groups in total. The molecule has 0 unspecified atom stereocenters. The highest BCUT2D eigenvalue weighted by Crippen LogP contribution is 2.28. The van der Waals surface area contributed by atoms with Crippen LogP contribution in [0, 0.1) is 0 Å². The first-order chi connectivity index (χ1) is 7.51. The van der Waals surface area contributed by atoms with Gasteiger partial charge in [0.2, 0.25) is 0 Å². The molecule has 0 spiro atoms. The molecule has 0 radical (unpaired) electrons. The van der Waals surface area contributed by atoms with Gasteiger partial charge in [0.25, 0.3) is 6.43 Å². The zero-order valence-corrected chi connectivity index (χ0v) is 10.5. The number of aromatic nitrogens is 1. The summed E-state index contributed by atoms with van der Waals surface area (Å²) in [6, 6.07) is 1.27. The van der Waals surface area contributed by atoms with Gasteiger partial charge in [-0.25, -0.2) is 18.6 Å². The summed E-state index contributed by atoms with van der Waals surface area (Å²) in [5, 5.41) is 0.102. The number of carbonyl (C=O) groups excluding carboxylic acids is 1. The molecule has 1 rings (SSSR count). The van der Waals surface area contributed by atoms with E-state index in [1.165, 1.54) is 6.07 Å². The van der Waals surface area contributed by atoms with Gasteiger partial charge in [-0.3, -0.25) is 0 Å². The van der Waals surface area contributed by atoms with Gasteiger partial charge in [-0.15, -0.1) is 0 Å². The Bertz CT molecular complexity index is 415. The Hall–Kier alpha value is -0.750. The lowest BCUT2D eigenvalue weighted by Crippen LogP contribution is -2.10. The molecule has 3 nitrogen and oxygen atoms in total. The van der Waals surface area contributed by atoms with Crippen LogP contribution in [0.2, 0.25) is 5.02 Å². The van der Waals surface area contributed by atoms with Crippen molar-refractivity contribution in [2.45, 2.75) is 11.8 Å². The molecule has 7 heteroatoms. The van der Waals surface area contributed by atoms with Gasteiger partial charge in [0.05, 0.1) is 12.1 Å². The fraction of sp³-hybridized carbons (Fsp3) is 0.333. The van der Waals surface area contributed by atoms with Crippen LogP contribution in [0.15, 0.2) is 6.07 Å². The first-order valence-corrected chi connectivity index (χ1v) is 5.63. The zero-order valence-electron chi connectivity index (χ0n) is 8.14. The Morgan fingerprint density at radius 3 is 2.75 bits per heavy atom. The second-order valence-corrected chi connectivity index (χ2v) is 3.76. The minimum atomic E-state index is -2.83. The first kappa shape index (κ1) is 13.3. The molecule has 0 aliphatic carbocycles. The van der Waals surface area contributed by atoms with Crippen LogP contribution < -0.4 is 0 Å². The molecule has 0 aliphatic heterocycles. The fourth-order valence-corrected chi connectivity index (χ4v) is 1.75. The molecule has 0 saturated carbocycles. The van der Waals surface area contributed by atoms with Crippen LogP contribution in [0.5, 0.6) is 0 Å². The summed E-state index contributed by atoms with van der Waals surface area (Å²) in [5.41, 5.74) is -0.368. The molecule has 1 aromatic heterocycles. The molecule has 0 bridgehead atoms. The number of hydrogen-bond acceptors (Lipinski definition) is 3. The van der Waals surface area contributed by atoms with Crippen molar-refractivity contribution in [2.75, 3.05) is 7.11 Å². The smallest absolute Gasteiger partial charge is 0.356 e. The van der Waals surface area contributed by atoms with Crippen LogP contribution >= 0.6 is 27.5 Å². The number of esters is 1. The normalized spacial score (nSPS) is 10.6. The SMILES string of the molecule is COC(=O)c1nc(C(F)F)c(Cl)cc1CBr. The van der Waals surface area contributed by atoms with E-state index in [1.807, 2.05) is 0 Å². The quantitative estimate of drug-likeness (QED) is 0.634. The van der Waals surface area contributed by atoms with E-state index < -0.39 is 18.1 Å². The van der Waals surface area contributed by atoms with Crippen molar-refractivity contribution < 1.29 is 18.3 Å². The second kappa shape index (κ2) is 5.54. The van der Waals surface area contributed by atoms with E-state index in [2.05, 4.69) is 25.7 Å². The van der Waals surface area contributed by atoms with Crippen molar-refractivity contribution in [3.8, 4) is 0 Å². The Balaban J connectivity index is 3.34. The summed E-state index contributed by atoms with van der Waals surface area (Å²) in [4.78, 5) is 14.8. The molecule has 88 valence electrons. The molecule has 0 aromatic carbocycles. The Morgan fingerprint density at radius 2 is 2.31 bits per heavy atom. The number of alkyl halides is 3. The summed E-state index contributed by atoms with van der Waals surface area (Å²) >= 11 is 8.72. The monoisotopic (exact) mass is 313 g/mol. The first-order valence-electron chi connectivity index (χ1n) is 4.13. The number of pyridine rings is 1. The fourth-order valence-electron chi connectivity index (χ4n) is 1.07. The van der Waals surface area contributed by atoms with Crippen LogP contribution in [0.1, 0.15) is 28.2 Å². The van der Waals surface area contributed by atoms with Gasteiger partial charge in [-0.2, -0.15) is 0 Å². The third-order valence-electron chi connectivity index (χ3n) is 1.81. The molecule has 0 aliphatic rings. The topological polar surface area (TPSA) is 39.2 Å². The lowest BCUT2D eigenvalue weighted by molar-refractivity contribution is 0.0591. The molecule has 1 heterocycles. The molecule has 0 fully saturated rings. The molecular weight excluding hydrogens is 307 g/mol. The van der Waals surface area contributed by atoms with E-state index in [1.54, 1.807) is 0 Å². The van der Waals surface area contributed by atoms with Crippen molar-refractivity contribution in [3.05, 3.63) is 28.0 Å². The van der Waals surface area contributed by atoms with Crippen molar-refractivity contribution in [1.82, 2.24) is 4.98 Å². The third-order valence-corrected chi connectivity index (χ3v) is 2.72. The number of ether oxygens (including phenoxy) is 1. The largest absolute Gasteiger partial charge is 0.464 e. The predicted molar refractivity (Wildman–Crippen MR) is 58.2 cm³/mol. The third kappa shape index (κ3) is 2.68. The van der Waals surface area contributed by atoms with Gasteiger partial charge < -0.3 is 4.74 Å². The van der Waals surface area contributed by atoms with Crippen LogP contribution in [-0.4, -0.2) is 18.1 Å². The van der Waals surface area contributed by atoms with Crippen LogP contribution in [-0.2, 0) is 10.1 Å². The van der Waals surface area contributed by atoms with Crippen LogP contribution in [0.3, 0.4) is 0 Å². The van der Waals surface area contributed by atoms with Gasteiger partial charge in [-0.05, 0) is 11.6 Å². The van der Waals surface area contributed by atoms with Gasteiger partial charge in [0, 0.05) is 5.33 Å². The summed E-state index contributed by atoms with van der Waals surface area (Å²) in [7, 11) is 1.15. The van der Waals surface area contributed by atoms with E-state index in [0.717, 1.165) is 7.11 Å². The lowest BCUT2D eigenvalue weighted by atomic mass is 10.2. The minimum absolute atomic E-state index is 0.154. The average Bonchev–Trinajstić information content (AvgIpc) is 2.27. The van der Waals surface area contributed by atoms with E-state index in [-0.39, 0.29) is 16.0 Å². The number of hydrogen-bond donors (Lipinski definition) is 0. The van der Waals surface area contributed by atoms with Gasteiger partial charge in [0.15, 0.2) is 5.69 Å². The lowest BCUT2D eigenvalue weighted by Gasteiger charge is -2.08. The van der Waals surface area contributed by atoms with Crippen LogP contribution in [0.4, 0.5) is 8.78 Å². The van der Waals surface area contributed by atoms with Crippen molar-refractivity contribution in [1.29, 1.82) is 0 Å². The highest BCUT2D eigenvalue weighted by molar-refractivity contribution is 9.08. The van der Waals surface area contributed by atoms with E-state index in [0.29, 0.717) is 5.56 Å². The maximum Gasteiger partial charge on any atom is 0.356 e. The van der Waals surface area contributed by atoms with Gasteiger partial charge in [-0.1, -0.05) is 27.5 Å². The highest BCUT2D eigenvalue weighted by Gasteiger charge is 2.21. The number of halogens is 4. The Morgan fingerprint density at radius 1 is 1.69 bits per heavy atom. The molecule has 16 heavy (non-hydrogen) atoms.